The van der Waals surface area contributed by atoms with Gasteiger partial charge in [-0.15, -0.1) is 0 Å². The molecule has 1 heterocycles. The van der Waals surface area contributed by atoms with Crippen molar-refractivity contribution in [2.45, 2.75) is 11.3 Å². The molecule has 1 aromatic carbocycles. The first kappa shape index (κ1) is 11.4. The molecule has 0 unspecified atom stereocenters. The summed E-state index contributed by atoms with van der Waals surface area (Å²) in [6.07, 6.45) is 1.60. The molecule has 0 fully saturated rings. The van der Waals surface area contributed by atoms with E-state index in [1.807, 2.05) is 0 Å². The van der Waals surface area contributed by atoms with E-state index in [4.69, 9.17) is 0 Å². The molecule has 3 nitrogen and oxygen atoms in total. The molecule has 0 atom stereocenters. The van der Waals surface area contributed by atoms with Gasteiger partial charge in [0.1, 0.15) is 6.33 Å². The van der Waals surface area contributed by atoms with Crippen LogP contribution in [0, 0.1) is 6.92 Å². The molecule has 5 heteroatoms. The van der Waals surface area contributed by atoms with Gasteiger partial charge in [0.2, 0.25) is 0 Å². The summed E-state index contributed by atoms with van der Waals surface area (Å²) in [5.41, 5.74) is 2.46. The monoisotopic (exact) mass is 251 g/mol. The summed E-state index contributed by atoms with van der Waals surface area (Å²) in [6, 6.07) is 8.43. The largest absolute Gasteiger partial charge is 0.384 e. The zero-order chi connectivity index (χ0) is 11.2. The molecule has 0 aliphatic heterocycles. The van der Waals surface area contributed by atoms with Gasteiger partial charge in [0, 0.05) is 18.0 Å². The minimum absolute atomic E-state index is 0.938. The van der Waals surface area contributed by atoms with Gasteiger partial charge in [0.25, 0.3) is 0 Å². The molecule has 0 spiro atoms. The van der Waals surface area contributed by atoms with Crippen molar-refractivity contribution in [2.24, 2.45) is 0 Å². The summed E-state index contributed by atoms with van der Waals surface area (Å²) in [5.74, 6) is 1.00. The smallest absolute Gasteiger partial charge is 0.169 e. The Hall–Kier alpha value is -1.07. The fraction of sp³-hybridized carbons (Fsp3) is 0.273. The first-order chi connectivity index (χ1) is 7.84. The Balaban J connectivity index is 1.70. The first-order valence-corrected chi connectivity index (χ1v) is 6.80. The van der Waals surface area contributed by atoms with Gasteiger partial charge in [-0.25, -0.2) is 4.98 Å². The van der Waals surface area contributed by atoms with E-state index in [0.717, 1.165) is 16.6 Å². The fourth-order valence-corrected chi connectivity index (χ4v) is 2.60. The fourth-order valence-electron chi connectivity index (χ4n) is 1.23. The average Bonchev–Trinajstić information content (AvgIpc) is 2.80. The molecule has 0 aliphatic rings. The number of aromatic nitrogens is 2. The topological polar surface area (TPSA) is 37.8 Å². The zero-order valence-corrected chi connectivity index (χ0v) is 10.6. The van der Waals surface area contributed by atoms with Gasteiger partial charge in [-0.1, -0.05) is 29.5 Å². The maximum atomic E-state index is 4.11. The second-order valence-electron chi connectivity index (χ2n) is 3.35. The summed E-state index contributed by atoms with van der Waals surface area (Å²) >= 11 is 3.18. The van der Waals surface area contributed by atoms with Crippen LogP contribution < -0.4 is 5.32 Å². The van der Waals surface area contributed by atoms with E-state index in [-0.39, 0.29) is 0 Å². The lowest BCUT2D eigenvalue weighted by molar-refractivity contribution is 1.19. The lowest BCUT2D eigenvalue weighted by Gasteiger charge is -2.05. The maximum absolute atomic E-state index is 4.11. The van der Waals surface area contributed by atoms with Crippen molar-refractivity contribution in [3.63, 3.8) is 0 Å². The van der Waals surface area contributed by atoms with Gasteiger partial charge in [-0.3, -0.25) is 0 Å². The Morgan fingerprint density at radius 1 is 1.31 bits per heavy atom. The molecule has 0 radical (unpaired) electrons. The van der Waals surface area contributed by atoms with Crippen LogP contribution in [0.4, 0.5) is 5.69 Å². The van der Waals surface area contributed by atoms with Crippen molar-refractivity contribution in [2.75, 3.05) is 17.6 Å². The van der Waals surface area contributed by atoms with Crippen molar-refractivity contribution in [1.29, 1.82) is 0 Å². The van der Waals surface area contributed by atoms with E-state index in [2.05, 4.69) is 45.9 Å². The van der Waals surface area contributed by atoms with Gasteiger partial charge in [0.15, 0.2) is 4.34 Å². The van der Waals surface area contributed by atoms with E-state index < -0.39 is 0 Å². The molecule has 0 amide bonds. The average molecular weight is 251 g/mol. The molecule has 2 aromatic rings. The Labute approximate surface area is 103 Å². The van der Waals surface area contributed by atoms with E-state index in [9.17, 15) is 0 Å². The third-order valence-electron chi connectivity index (χ3n) is 2.05. The normalized spacial score (nSPS) is 10.3. The van der Waals surface area contributed by atoms with Gasteiger partial charge < -0.3 is 5.32 Å². The van der Waals surface area contributed by atoms with Crippen LogP contribution in [0.2, 0.25) is 0 Å². The number of hydrogen-bond acceptors (Lipinski definition) is 5. The molecular formula is C11H13N3S2. The minimum Gasteiger partial charge on any atom is -0.384 e. The van der Waals surface area contributed by atoms with Crippen molar-refractivity contribution in [1.82, 2.24) is 9.36 Å². The number of rotatable bonds is 5. The van der Waals surface area contributed by atoms with Crippen LogP contribution in [0.5, 0.6) is 0 Å². The van der Waals surface area contributed by atoms with Crippen molar-refractivity contribution >= 4 is 29.0 Å². The van der Waals surface area contributed by atoms with Crippen molar-refractivity contribution in [3.8, 4) is 0 Å². The molecule has 1 N–H and O–H groups in total. The highest BCUT2D eigenvalue weighted by molar-refractivity contribution is 8.00. The maximum Gasteiger partial charge on any atom is 0.169 e. The molecule has 16 heavy (non-hydrogen) atoms. The third-order valence-corrected chi connectivity index (χ3v) is 3.85. The van der Waals surface area contributed by atoms with Crippen LogP contribution in [0.15, 0.2) is 34.9 Å². The van der Waals surface area contributed by atoms with Gasteiger partial charge in [-0.05, 0) is 30.6 Å². The summed E-state index contributed by atoms with van der Waals surface area (Å²) in [6.45, 7) is 3.03. The molecule has 0 saturated carbocycles. The highest BCUT2D eigenvalue weighted by atomic mass is 32.2. The summed E-state index contributed by atoms with van der Waals surface area (Å²) in [4.78, 5) is 4.11. The standard InChI is InChI=1S/C11H13N3S2/c1-9-2-4-10(5-3-9)12-6-7-15-11-13-8-14-16-11/h2-5,8,12H,6-7H2,1H3. The lowest BCUT2D eigenvalue weighted by Crippen LogP contribution is -2.03. The van der Waals surface area contributed by atoms with Crippen LogP contribution in [0.3, 0.4) is 0 Å². The second kappa shape index (κ2) is 5.86. The minimum atomic E-state index is 0.938. The van der Waals surface area contributed by atoms with Crippen molar-refractivity contribution < 1.29 is 0 Å². The van der Waals surface area contributed by atoms with Crippen LogP contribution in [0.1, 0.15) is 5.56 Å². The Kier molecular flexibility index (Phi) is 4.18. The van der Waals surface area contributed by atoms with Crippen LogP contribution in [0.25, 0.3) is 0 Å². The Bertz CT molecular complexity index is 411. The van der Waals surface area contributed by atoms with Crippen molar-refractivity contribution in [3.05, 3.63) is 36.2 Å². The zero-order valence-electron chi connectivity index (χ0n) is 9.01. The molecule has 0 saturated heterocycles. The highest BCUT2D eigenvalue weighted by Crippen LogP contribution is 2.17. The second-order valence-corrected chi connectivity index (χ2v) is 5.47. The summed E-state index contributed by atoms with van der Waals surface area (Å²) < 4.78 is 4.99. The lowest BCUT2D eigenvalue weighted by atomic mass is 10.2. The van der Waals surface area contributed by atoms with Gasteiger partial charge in [-0.2, -0.15) is 4.37 Å². The molecule has 0 aliphatic carbocycles. The molecule has 0 bridgehead atoms. The Morgan fingerprint density at radius 2 is 2.12 bits per heavy atom. The number of hydrogen-bond donors (Lipinski definition) is 1. The van der Waals surface area contributed by atoms with Crippen LogP contribution >= 0.6 is 23.3 Å². The molecule has 2 rings (SSSR count). The van der Waals surface area contributed by atoms with Crippen LogP contribution in [-0.4, -0.2) is 21.7 Å². The van der Waals surface area contributed by atoms with E-state index in [1.54, 1.807) is 18.1 Å². The third kappa shape index (κ3) is 3.50. The van der Waals surface area contributed by atoms with E-state index in [0.29, 0.717) is 0 Å². The first-order valence-electron chi connectivity index (χ1n) is 5.04. The predicted molar refractivity (Wildman–Crippen MR) is 70.3 cm³/mol. The summed E-state index contributed by atoms with van der Waals surface area (Å²) in [7, 11) is 0. The van der Waals surface area contributed by atoms with Gasteiger partial charge >= 0.3 is 0 Å². The number of nitrogens with one attached hydrogen (secondary N) is 1. The number of anilines is 1. The molecular weight excluding hydrogens is 238 g/mol. The summed E-state index contributed by atoms with van der Waals surface area (Å²) in [5, 5.41) is 3.37. The molecule has 84 valence electrons. The Morgan fingerprint density at radius 3 is 2.81 bits per heavy atom. The number of benzene rings is 1. The van der Waals surface area contributed by atoms with E-state index in [1.165, 1.54) is 22.8 Å². The van der Waals surface area contributed by atoms with E-state index >= 15 is 0 Å². The SMILES string of the molecule is Cc1ccc(NCCSc2ncns2)cc1. The number of thioether (sulfide) groups is 1. The highest BCUT2D eigenvalue weighted by Gasteiger charge is 1.97. The number of aryl methyl sites for hydroxylation is 1. The van der Waals surface area contributed by atoms with Gasteiger partial charge in [0.05, 0.1) is 0 Å². The predicted octanol–water partition coefficient (Wildman–Crippen LogP) is 3.05. The van der Waals surface area contributed by atoms with Crippen LogP contribution in [-0.2, 0) is 0 Å². The molecule has 1 aromatic heterocycles. The quantitative estimate of drug-likeness (QED) is 0.654. The number of nitrogens with zero attached hydrogens (tertiary/aromatic N) is 2.